The Hall–Kier alpha value is -1.62. The molecule has 0 atom stereocenters. The lowest BCUT2D eigenvalue weighted by atomic mass is 10.00. The molecular formula is C21H34FNO3. The minimum Gasteiger partial charge on any atom is -0.491 e. The number of rotatable bonds is 11. The summed E-state index contributed by atoms with van der Waals surface area (Å²) in [5.41, 5.74) is 0.722. The molecular weight excluding hydrogens is 333 g/mol. The first-order valence-electron chi connectivity index (χ1n) is 9.65. The van der Waals surface area contributed by atoms with Gasteiger partial charge in [0.2, 0.25) is 5.91 Å². The number of carbonyl (C=O) groups excluding carboxylic acids is 1. The number of halogens is 1. The topological polar surface area (TPSA) is 47.6 Å². The molecule has 0 aromatic heterocycles. The monoisotopic (exact) mass is 367 g/mol. The van der Waals surface area contributed by atoms with Crippen LogP contribution in [0.15, 0.2) is 36.4 Å². The van der Waals surface area contributed by atoms with Crippen LogP contribution >= 0.6 is 0 Å². The highest BCUT2D eigenvalue weighted by Crippen LogP contribution is 2.23. The normalized spacial score (nSPS) is 16.2. The maximum Gasteiger partial charge on any atom is 0.223 e. The SMILES string of the molecule is C=C(F)/C=C(/OCCOCCNC(=O)C1CCCCCC1)C(=C)C(C)C. The van der Waals surface area contributed by atoms with Crippen molar-refractivity contribution in [3.05, 3.63) is 36.4 Å². The number of nitrogens with one attached hydrogen (secondary N) is 1. The van der Waals surface area contributed by atoms with Gasteiger partial charge in [0.15, 0.2) is 0 Å². The summed E-state index contributed by atoms with van der Waals surface area (Å²) in [6, 6.07) is 0. The van der Waals surface area contributed by atoms with E-state index in [2.05, 4.69) is 18.5 Å². The average Bonchev–Trinajstić information content (AvgIpc) is 2.88. The first-order valence-corrected chi connectivity index (χ1v) is 9.65. The van der Waals surface area contributed by atoms with Gasteiger partial charge < -0.3 is 14.8 Å². The Morgan fingerprint density at radius 3 is 2.38 bits per heavy atom. The van der Waals surface area contributed by atoms with Crippen LogP contribution in [-0.4, -0.2) is 32.3 Å². The van der Waals surface area contributed by atoms with Crippen LogP contribution in [0.1, 0.15) is 52.4 Å². The van der Waals surface area contributed by atoms with Crippen molar-refractivity contribution in [2.75, 3.05) is 26.4 Å². The minimum absolute atomic E-state index is 0.145. The van der Waals surface area contributed by atoms with Gasteiger partial charge in [-0.3, -0.25) is 4.79 Å². The summed E-state index contributed by atoms with van der Waals surface area (Å²) in [4.78, 5) is 12.1. The predicted octanol–water partition coefficient (Wildman–Crippen LogP) is 4.69. The van der Waals surface area contributed by atoms with E-state index in [0.29, 0.717) is 32.1 Å². The number of amides is 1. The van der Waals surface area contributed by atoms with E-state index >= 15 is 0 Å². The van der Waals surface area contributed by atoms with Crippen LogP contribution < -0.4 is 5.32 Å². The second-order valence-corrected chi connectivity index (χ2v) is 7.08. The number of hydrogen-bond acceptors (Lipinski definition) is 3. The number of ether oxygens (including phenoxy) is 2. The quantitative estimate of drug-likeness (QED) is 0.249. The molecule has 1 aliphatic rings. The maximum atomic E-state index is 13.0. The molecule has 26 heavy (non-hydrogen) atoms. The third kappa shape index (κ3) is 9.18. The van der Waals surface area contributed by atoms with Crippen LogP contribution in [0.3, 0.4) is 0 Å². The molecule has 148 valence electrons. The molecule has 0 aliphatic heterocycles. The Bertz CT molecular complexity index is 491. The van der Waals surface area contributed by atoms with Crippen LogP contribution in [0.5, 0.6) is 0 Å². The fourth-order valence-electron chi connectivity index (χ4n) is 2.90. The summed E-state index contributed by atoms with van der Waals surface area (Å²) >= 11 is 0. The largest absolute Gasteiger partial charge is 0.491 e. The van der Waals surface area contributed by atoms with Crippen LogP contribution in [-0.2, 0) is 14.3 Å². The van der Waals surface area contributed by atoms with E-state index < -0.39 is 5.83 Å². The predicted molar refractivity (Wildman–Crippen MR) is 103 cm³/mol. The van der Waals surface area contributed by atoms with E-state index in [-0.39, 0.29) is 17.7 Å². The average molecular weight is 368 g/mol. The lowest BCUT2D eigenvalue weighted by molar-refractivity contribution is -0.125. The van der Waals surface area contributed by atoms with E-state index in [9.17, 15) is 9.18 Å². The van der Waals surface area contributed by atoms with Gasteiger partial charge in [-0.05, 0) is 24.3 Å². The number of allylic oxidation sites excluding steroid dienone is 3. The molecule has 1 N–H and O–H groups in total. The van der Waals surface area contributed by atoms with Crippen molar-refractivity contribution in [3.8, 4) is 0 Å². The van der Waals surface area contributed by atoms with Crippen molar-refractivity contribution >= 4 is 5.91 Å². The van der Waals surface area contributed by atoms with Crippen molar-refractivity contribution in [1.82, 2.24) is 5.32 Å². The third-order valence-corrected chi connectivity index (χ3v) is 4.56. The van der Waals surface area contributed by atoms with E-state index in [4.69, 9.17) is 9.47 Å². The molecule has 0 bridgehead atoms. The van der Waals surface area contributed by atoms with Gasteiger partial charge in [0.25, 0.3) is 0 Å². The Kier molecular flexibility index (Phi) is 10.9. The van der Waals surface area contributed by atoms with Crippen molar-refractivity contribution in [2.45, 2.75) is 52.4 Å². The molecule has 0 radical (unpaired) electrons. The zero-order valence-corrected chi connectivity index (χ0v) is 16.3. The van der Waals surface area contributed by atoms with Crippen molar-refractivity contribution in [1.29, 1.82) is 0 Å². The first kappa shape index (κ1) is 22.4. The van der Waals surface area contributed by atoms with Crippen LogP contribution in [0.2, 0.25) is 0 Å². The van der Waals surface area contributed by atoms with Gasteiger partial charge in [-0.1, -0.05) is 52.7 Å². The van der Waals surface area contributed by atoms with Crippen molar-refractivity contribution in [2.24, 2.45) is 11.8 Å². The fraction of sp³-hybridized carbons (Fsp3) is 0.667. The Morgan fingerprint density at radius 1 is 1.15 bits per heavy atom. The zero-order chi connectivity index (χ0) is 19.4. The Morgan fingerprint density at radius 2 is 1.81 bits per heavy atom. The third-order valence-electron chi connectivity index (χ3n) is 4.56. The second-order valence-electron chi connectivity index (χ2n) is 7.08. The Balaban J connectivity index is 2.18. The molecule has 0 unspecified atom stereocenters. The number of carbonyl (C=O) groups is 1. The van der Waals surface area contributed by atoms with Gasteiger partial charge in [0.1, 0.15) is 18.2 Å². The highest BCUT2D eigenvalue weighted by Gasteiger charge is 2.19. The minimum atomic E-state index is -0.566. The van der Waals surface area contributed by atoms with E-state index in [0.717, 1.165) is 31.3 Å². The highest BCUT2D eigenvalue weighted by molar-refractivity contribution is 5.78. The van der Waals surface area contributed by atoms with E-state index in [1.54, 1.807) is 0 Å². The smallest absolute Gasteiger partial charge is 0.223 e. The van der Waals surface area contributed by atoms with Gasteiger partial charge in [-0.2, -0.15) is 0 Å². The van der Waals surface area contributed by atoms with E-state index in [1.807, 2.05) is 13.8 Å². The lowest BCUT2D eigenvalue weighted by Gasteiger charge is -2.16. The van der Waals surface area contributed by atoms with Gasteiger partial charge in [0, 0.05) is 18.5 Å². The number of hydrogen-bond donors (Lipinski definition) is 1. The lowest BCUT2D eigenvalue weighted by Crippen LogP contribution is -2.33. The molecule has 4 nitrogen and oxygen atoms in total. The molecule has 0 heterocycles. The molecule has 0 spiro atoms. The second kappa shape index (κ2) is 12.7. The molecule has 0 aromatic rings. The summed E-state index contributed by atoms with van der Waals surface area (Å²) in [5, 5.41) is 2.95. The summed E-state index contributed by atoms with van der Waals surface area (Å²) in [5.74, 6) is 0.290. The van der Waals surface area contributed by atoms with Crippen molar-refractivity contribution < 1.29 is 18.7 Å². The summed E-state index contributed by atoms with van der Waals surface area (Å²) in [6.07, 6.45) is 8.01. The van der Waals surface area contributed by atoms with Crippen LogP contribution in [0.25, 0.3) is 0 Å². The van der Waals surface area contributed by atoms with Crippen molar-refractivity contribution in [3.63, 3.8) is 0 Å². The fourth-order valence-corrected chi connectivity index (χ4v) is 2.90. The zero-order valence-electron chi connectivity index (χ0n) is 16.3. The van der Waals surface area contributed by atoms with Gasteiger partial charge in [0.05, 0.1) is 13.2 Å². The van der Waals surface area contributed by atoms with Crippen LogP contribution in [0, 0.1) is 11.8 Å². The van der Waals surface area contributed by atoms with Gasteiger partial charge >= 0.3 is 0 Å². The standard InChI is InChI=1S/C21H34FNO3/c1-16(2)18(4)20(15-17(3)22)26-14-13-25-12-11-23-21(24)19-9-7-5-6-8-10-19/h15-16,19H,3-14H2,1-2H3,(H,23,24)/b20-15+. The van der Waals surface area contributed by atoms with Gasteiger partial charge in [-0.15, -0.1) is 0 Å². The molecule has 1 rings (SSSR count). The Labute approximate surface area is 157 Å². The van der Waals surface area contributed by atoms with E-state index in [1.165, 1.54) is 18.9 Å². The summed E-state index contributed by atoms with van der Waals surface area (Å²) in [6.45, 7) is 12.7. The molecule has 5 heteroatoms. The molecule has 1 fully saturated rings. The summed E-state index contributed by atoms with van der Waals surface area (Å²) in [7, 11) is 0. The summed E-state index contributed by atoms with van der Waals surface area (Å²) < 4.78 is 24.1. The highest BCUT2D eigenvalue weighted by atomic mass is 19.1. The first-order chi connectivity index (χ1) is 12.4. The molecule has 1 amide bonds. The van der Waals surface area contributed by atoms with Crippen LogP contribution in [0.4, 0.5) is 4.39 Å². The molecule has 0 saturated heterocycles. The maximum absolute atomic E-state index is 13.0. The molecule has 1 aliphatic carbocycles. The molecule has 0 aromatic carbocycles. The molecule has 1 saturated carbocycles. The van der Waals surface area contributed by atoms with Gasteiger partial charge in [-0.25, -0.2) is 4.39 Å².